The van der Waals surface area contributed by atoms with E-state index >= 15 is 0 Å². The molecule has 1 aromatic heterocycles. The van der Waals surface area contributed by atoms with Gasteiger partial charge in [0.1, 0.15) is 0 Å². The lowest BCUT2D eigenvalue weighted by molar-refractivity contribution is -0.139. The van der Waals surface area contributed by atoms with Gasteiger partial charge in [-0.15, -0.1) is 0 Å². The molecule has 2 saturated heterocycles. The Balaban J connectivity index is 1.48. The van der Waals surface area contributed by atoms with Crippen molar-refractivity contribution in [3.8, 4) is 17.2 Å². The van der Waals surface area contributed by atoms with Gasteiger partial charge >= 0.3 is 0 Å². The van der Waals surface area contributed by atoms with Crippen molar-refractivity contribution in [2.24, 2.45) is 11.8 Å². The maximum absolute atomic E-state index is 13.9. The van der Waals surface area contributed by atoms with E-state index in [0.717, 1.165) is 12.1 Å². The number of nitrogens with zero attached hydrogens (tertiary/aromatic N) is 3. The number of piperidine rings is 1. The van der Waals surface area contributed by atoms with Crippen molar-refractivity contribution in [1.29, 1.82) is 0 Å². The molecule has 4 atom stereocenters. The van der Waals surface area contributed by atoms with Crippen LogP contribution >= 0.6 is 0 Å². The van der Waals surface area contributed by atoms with Crippen LogP contribution < -0.4 is 19.8 Å². The van der Waals surface area contributed by atoms with Crippen molar-refractivity contribution in [2.75, 3.05) is 41.5 Å². The maximum Gasteiger partial charge on any atom is 0.250 e. The van der Waals surface area contributed by atoms with E-state index in [1.165, 1.54) is 7.11 Å². The van der Waals surface area contributed by atoms with E-state index in [1.807, 2.05) is 21.6 Å². The number of fused-ring (bicyclic) bond motifs is 4. The molecule has 9 nitrogen and oxygen atoms in total. The predicted molar refractivity (Wildman–Crippen MR) is 128 cm³/mol. The number of hydrogen-bond acceptors (Lipinski definition) is 6. The smallest absolute Gasteiger partial charge is 0.250 e. The van der Waals surface area contributed by atoms with Crippen molar-refractivity contribution in [1.82, 2.24) is 14.4 Å². The van der Waals surface area contributed by atoms with Gasteiger partial charge in [-0.25, -0.2) is 0 Å². The molecule has 0 radical (unpaired) electrons. The average Bonchev–Trinajstić information content (AvgIpc) is 3.16. The van der Waals surface area contributed by atoms with Crippen LogP contribution in [-0.2, 0) is 16.1 Å². The molecule has 2 amide bonds. The number of hydrogen-bond donors (Lipinski definition) is 0. The lowest BCUT2D eigenvalue weighted by Crippen LogP contribution is -2.51. The molecule has 3 aliphatic rings. The van der Waals surface area contributed by atoms with Crippen molar-refractivity contribution >= 4 is 11.8 Å². The summed E-state index contributed by atoms with van der Waals surface area (Å²) in [6.07, 6.45) is 1.10. The first-order chi connectivity index (χ1) is 16.9. The van der Waals surface area contributed by atoms with Gasteiger partial charge in [0.2, 0.25) is 17.6 Å². The second-order valence-corrected chi connectivity index (χ2v) is 9.63. The fraction of sp³-hybridized carbons (Fsp3) is 0.500. The van der Waals surface area contributed by atoms with Crippen LogP contribution in [-0.4, -0.2) is 67.6 Å². The number of methoxy groups -OCH3 is 3. The number of likely N-dealkylation sites (tertiary alicyclic amines) is 2. The van der Waals surface area contributed by atoms with Crippen molar-refractivity contribution in [2.45, 2.75) is 31.3 Å². The fourth-order valence-electron chi connectivity index (χ4n) is 6.18. The van der Waals surface area contributed by atoms with Crippen LogP contribution in [0.25, 0.3) is 0 Å². The molecule has 2 fully saturated rings. The standard InChI is InChI=1S/C26H31N3O6/c1-27-22(31)11-18(23(27)17-8-9-20(33-2)25(35-4)24(17)34-3)26(32)28-12-15-10-16(14-28)19-6-5-7-21(30)29(19)13-15/h5-9,15-16,18,23H,10-14H2,1-4H3/t15-,16+,18+,23-/m0/s1. The highest BCUT2D eigenvalue weighted by molar-refractivity contribution is 5.90. The summed E-state index contributed by atoms with van der Waals surface area (Å²) in [5.74, 6) is 1.07. The molecular formula is C26H31N3O6. The molecule has 9 heteroatoms. The zero-order valence-electron chi connectivity index (χ0n) is 20.5. The molecule has 4 heterocycles. The summed E-state index contributed by atoms with van der Waals surface area (Å²) in [4.78, 5) is 42.7. The van der Waals surface area contributed by atoms with Crippen LogP contribution in [0.5, 0.6) is 17.2 Å². The Morgan fingerprint density at radius 3 is 2.43 bits per heavy atom. The van der Waals surface area contributed by atoms with Gasteiger partial charge < -0.3 is 28.6 Å². The topological polar surface area (TPSA) is 90.3 Å². The molecule has 0 unspecified atom stereocenters. The number of aromatic nitrogens is 1. The lowest BCUT2D eigenvalue weighted by Gasteiger charge is -2.44. The van der Waals surface area contributed by atoms with Gasteiger partial charge in [0.15, 0.2) is 11.5 Å². The van der Waals surface area contributed by atoms with Gasteiger partial charge in [0, 0.05) is 56.3 Å². The Hall–Kier alpha value is -3.49. The van der Waals surface area contributed by atoms with Crippen LogP contribution in [0.3, 0.4) is 0 Å². The number of benzene rings is 1. The summed E-state index contributed by atoms with van der Waals surface area (Å²) >= 11 is 0. The molecule has 5 rings (SSSR count). The Labute approximate surface area is 204 Å². The van der Waals surface area contributed by atoms with Crippen LogP contribution in [0, 0.1) is 11.8 Å². The Bertz CT molecular complexity index is 1220. The molecular weight excluding hydrogens is 450 g/mol. The van der Waals surface area contributed by atoms with Gasteiger partial charge in [-0.1, -0.05) is 6.07 Å². The van der Waals surface area contributed by atoms with Crippen LogP contribution in [0.4, 0.5) is 0 Å². The van der Waals surface area contributed by atoms with E-state index in [1.54, 1.807) is 44.4 Å². The minimum atomic E-state index is -0.545. The largest absolute Gasteiger partial charge is 0.493 e. The third kappa shape index (κ3) is 3.73. The number of carbonyl (C=O) groups excluding carboxylic acids is 2. The molecule has 1 aromatic carbocycles. The van der Waals surface area contributed by atoms with Crippen molar-refractivity contribution in [3.05, 3.63) is 51.9 Å². The third-order valence-corrected chi connectivity index (χ3v) is 7.75. The molecule has 3 aliphatic heterocycles. The predicted octanol–water partition coefficient (Wildman–Crippen LogP) is 2.04. The van der Waals surface area contributed by atoms with Crippen molar-refractivity contribution in [3.63, 3.8) is 0 Å². The summed E-state index contributed by atoms with van der Waals surface area (Å²) in [6.45, 7) is 1.75. The Kier molecular flexibility index (Phi) is 5.94. The van der Waals surface area contributed by atoms with Gasteiger partial charge in [0.25, 0.3) is 5.56 Å². The second kappa shape index (κ2) is 8.94. The van der Waals surface area contributed by atoms with Gasteiger partial charge in [-0.2, -0.15) is 0 Å². The monoisotopic (exact) mass is 481 g/mol. The minimum Gasteiger partial charge on any atom is -0.493 e. The Morgan fingerprint density at radius 1 is 0.943 bits per heavy atom. The van der Waals surface area contributed by atoms with Gasteiger partial charge in [-0.3, -0.25) is 14.4 Å². The summed E-state index contributed by atoms with van der Waals surface area (Å²) < 4.78 is 18.5. The van der Waals surface area contributed by atoms with Crippen LogP contribution in [0.15, 0.2) is 35.1 Å². The number of carbonyl (C=O) groups is 2. The van der Waals surface area contributed by atoms with Crippen molar-refractivity contribution < 1.29 is 23.8 Å². The summed E-state index contributed by atoms with van der Waals surface area (Å²) in [5.41, 5.74) is 1.72. The highest BCUT2D eigenvalue weighted by Crippen LogP contribution is 2.48. The number of ether oxygens (including phenoxy) is 3. The molecule has 2 bridgehead atoms. The highest BCUT2D eigenvalue weighted by atomic mass is 16.5. The number of rotatable bonds is 5. The molecule has 186 valence electrons. The molecule has 2 aromatic rings. The van der Waals surface area contributed by atoms with Crippen LogP contribution in [0.2, 0.25) is 0 Å². The number of pyridine rings is 1. The zero-order chi connectivity index (χ0) is 24.9. The second-order valence-electron chi connectivity index (χ2n) is 9.63. The minimum absolute atomic E-state index is 0.0144. The molecule has 0 N–H and O–H groups in total. The summed E-state index contributed by atoms with van der Waals surface area (Å²) in [6, 6.07) is 8.50. The molecule has 0 spiro atoms. The normalized spacial score (nSPS) is 25.3. The molecule has 35 heavy (non-hydrogen) atoms. The van der Waals surface area contributed by atoms with E-state index < -0.39 is 12.0 Å². The van der Waals surface area contributed by atoms with E-state index in [-0.39, 0.29) is 35.6 Å². The first-order valence-electron chi connectivity index (χ1n) is 11.9. The SMILES string of the molecule is COc1ccc([C@H]2[C@H](C(=O)N3C[C@@H]4C[C@H](C3)c3cccc(=O)n3C4)CC(=O)N2C)c(OC)c1OC. The highest BCUT2D eigenvalue weighted by Gasteiger charge is 2.47. The quantitative estimate of drug-likeness (QED) is 0.649. The molecule has 0 saturated carbocycles. The first kappa shape index (κ1) is 23.3. The zero-order valence-corrected chi connectivity index (χ0v) is 20.5. The van der Waals surface area contributed by atoms with Gasteiger partial charge in [-0.05, 0) is 30.5 Å². The van der Waals surface area contributed by atoms with E-state index in [0.29, 0.717) is 42.4 Å². The maximum atomic E-state index is 13.9. The lowest BCUT2D eigenvalue weighted by atomic mass is 9.82. The fourth-order valence-corrected chi connectivity index (χ4v) is 6.18. The Morgan fingerprint density at radius 2 is 1.71 bits per heavy atom. The van der Waals surface area contributed by atoms with E-state index in [2.05, 4.69) is 0 Å². The van der Waals surface area contributed by atoms with Gasteiger partial charge in [0.05, 0.1) is 33.3 Å². The number of amides is 2. The summed E-state index contributed by atoms with van der Waals surface area (Å²) in [5, 5.41) is 0. The summed E-state index contributed by atoms with van der Waals surface area (Å²) in [7, 11) is 6.35. The van der Waals surface area contributed by atoms with E-state index in [4.69, 9.17) is 14.2 Å². The first-order valence-corrected chi connectivity index (χ1v) is 11.9. The third-order valence-electron chi connectivity index (χ3n) is 7.75. The molecule has 0 aliphatic carbocycles. The average molecular weight is 482 g/mol. The van der Waals surface area contributed by atoms with E-state index in [9.17, 15) is 14.4 Å². The van der Waals surface area contributed by atoms with Crippen LogP contribution in [0.1, 0.15) is 36.1 Å².